The predicted molar refractivity (Wildman–Crippen MR) is 74.1 cm³/mol. The highest BCUT2D eigenvalue weighted by molar-refractivity contribution is 9.10. The van der Waals surface area contributed by atoms with Gasteiger partial charge in [0.15, 0.2) is 5.82 Å². The zero-order chi connectivity index (χ0) is 14.7. The highest BCUT2D eigenvalue weighted by Gasteiger charge is 2.16. The molecule has 4 N–H and O–H groups in total. The molecule has 0 saturated heterocycles. The van der Waals surface area contributed by atoms with E-state index in [1.54, 1.807) is 0 Å². The summed E-state index contributed by atoms with van der Waals surface area (Å²) in [4.78, 5) is 15.8. The Morgan fingerprint density at radius 1 is 1.35 bits per heavy atom. The molecule has 1 aromatic carbocycles. The smallest absolute Gasteiger partial charge is 0.259 e. The van der Waals surface area contributed by atoms with Crippen LogP contribution >= 0.6 is 15.9 Å². The molecule has 1 aromatic heterocycles. The fourth-order valence-electron chi connectivity index (χ4n) is 1.54. The van der Waals surface area contributed by atoms with Crippen molar-refractivity contribution < 1.29 is 13.6 Å². The Morgan fingerprint density at radius 2 is 2.10 bits per heavy atom. The minimum Gasteiger partial charge on any atom is -0.323 e. The van der Waals surface area contributed by atoms with Crippen LogP contribution in [0.2, 0.25) is 0 Å². The van der Waals surface area contributed by atoms with Crippen molar-refractivity contribution in [1.29, 1.82) is 0 Å². The van der Waals surface area contributed by atoms with E-state index in [2.05, 4.69) is 31.7 Å². The van der Waals surface area contributed by atoms with Gasteiger partial charge in [0, 0.05) is 22.9 Å². The van der Waals surface area contributed by atoms with Crippen LogP contribution in [-0.2, 0) is 0 Å². The van der Waals surface area contributed by atoms with E-state index in [0.717, 1.165) is 6.07 Å². The number of hydrazine groups is 1. The van der Waals surface area contributed by atoms with Crippen LogP contribution in [0.4, 0.5) is 20.2 Å². The Kier molecular flexibility index (Phi) is 4.26. The number of rotatable bonds is 3. The first kappa shape index (κ1) is 14.4. The number of nitrogens with zero attached hydrogens (tertiary/aromatic N) is 1. The van der Waals surface area contributed by atoms with Crippen molar-refractivity contribution in [1.82, 2.24) is 4.98 Å². The Labute approximate surface area is 121 Å². The lowest BCUT2D eigenvalue weighted by atomic mass is 10.2. The Hall–Kier alpha value is -2.06. The lowest BCUT2D eigenvalue weighted by molar-refractivity contribution is 0.102. The Balaban J connectivity index is 2.33. The molecule has 2 rings (SSSR count). The fraction of sp³-hybridized carbons (Fsp3) is 0. The summed E-state index contributed by atoms with van der Waals surface area (Å²) in [5, 5.41) is 2.33. The molecule has 0 radical (unpaired) electrons. The zero-order valence-electron chi connectivity index (χ0n) is 9.95. The minimum atomic E-state index is -0.892. The van der Waals surface area contributed by atoms with Crippen molar-refractivity contribution in [3.63, 3.8) is 0 Å². The number of carbonyl (C=O) groups is 1. The number of hydrogen-bond donors (Lipinski definition) is 3. The number of hydrogen-bond acceptors (Lipinski definition) is 4. The lowest BCUT2D eigenvalue weighted by Gasteiger charge is -2.11. The van der Waals surface area contributed by atoms with Crippen LogP contribution in [-0.4, -0.2) is 10.9 Å². The van der Waals surface area contributed by atoms with Gasteiger partial charge in [-0.15, -0.1) is 0 Å². The zero-order valence-corrected chi connectivity index (χ0v) is 11.5. The Morgan fingerprint density at radius 3 is 2.75 bits per heavy atom. The summed E-state index contributed by atoms with van der Waals surface area (Å²) in [5.74, 6) is 3.00. The number of nitrogen functional groups attached to an aromatic ring is 1. The van der Waals surface area contributed by atoms with Crippen LogP contribution in [0.25, 0.3) is 0 Å². The molecule has 5 nitrogen and oxygen atoms in total. The molecule has 2 aromatic rings. The maximum atomic E-state index is 13.6. The first-order valence-corrected chi connectivity index (χ1v) is 6.18. The maximum Gasteiger partial charge on any atom is 0.259 e. The van der Waals surface area contributed by atoms with Crippen molar-refractivity contribution in [2.24, 2.45) is 5.84 Å². The molecule has 0 bridgehead atoms. The van der Waals surface area contributed by atoms with E-state index >= 15 is 0 Å². The van der Waals surface area contributed by atoms with Gasteiger partial charge in [0.1, 0.15) is 5.82 Å². The predicted octanol–water partition coefficient (Wildman–Crippen LogP) is 2.66. The third kappa shape index (κ3) is 2.91. The quantitative estimate of drug-likeness (QED) is 0.591. The molecule has 0 saturated carbocycles. The summed E-state index contributed by atoms with van der Waals surface area (Å²) in [6.45, 7) is 0. The first-order chi connectivity index (χ1) is 9.52. The normalized spacial score (nSPS) is 10.2. The molecule has 104 valence electrons. The van der Waals surface area contributed by atoms with E-state index in [1.165, 1.54) is 18.5 Å². The lowest BCUT2D eigenvalue weighted by Crippen LogP contribution is -2.18. The van der Waals surface area contributed by atoms with Gasteiger partial charge in [-0.3, -0.25) is 15.6 Å². The standard InChI is InChI=1S/C12H9BrF2N4O/c13-8-3-6(14)4-9(15)11(8)18-12(20)7-5-17-2-1-10(7)19-16/h1-5H,16H2,(H,17,19)(H,18,20). The second-order valence-electron chi connectivity index (χ2n) is 3.76. The van der Waals surface area contributed by atoms with E-state index in [-0.39, 0.29) is 15.7 Å². The Bertz CT molecular complexity index is 643. The summed E-state index contributed by atoms with van der Waals surface area (Å²) in [6, 6.07) is 3.21. The van der Waals surface area contributed by atoms with Crippen LogP contribution in [0.5, 0.6) is 0 Å². The number of nitrogens with one attached hydrogen (secondary N) is 2. The van der Waals surface area contributed by atoms with Gasteiger partial charge in [-0.2, -0.15) is 0 Å². The van der Waals surface area contributed by atoms with Gasteiger partial charge >= 0.3 is 0 Å². The van der Waals surface area contributed by atoms with E-state index < -0.39 is 17.5 Å². The number of carbonyl (C=O) groups excluding carboxylic acids is 1. The summed E-state index contributed by atoms with van der Waals surface area (Å²) >= 11 is 2.98. The number of benzene rings is 1. The number of aromatic nitrogens is 1. The molecule has 0 spiro atoms. The van der Waals surface area contributed by atoms with Gasteiger partial charge in [0.25, 0.3) is 5.91 Å². The topological polar surface area (TPSA) is 80.0 Å². The van der Waals surface area contributed by atoms with Crippen molar-refractivity contribution in [3.05, 3.63) is 52.3 Å². The van der Waals surface area contributed by atoms with Gasteiger partial charge in [-0.1, -0.05) is 0 Å². The minimum absolute atomic E-state index is 0.0921. The van der Waals surface area contributed by atoms with Crippen molar-refractivity contribution in [3.8, 4) is 0 Å². The van der Waals surface area contributed by atoms with Crippen LogP contribution in [0.1, 0.15) is 10.4 Å². The third-order valence-electron chi connectivity index (χ3n) is 2.47. The number of pyridine rings is 1. The molecule has 0 aliphatic carbocycles. The molecule has 0 aliphatic heterocycles. The van der Waals surface area contributed by atoms with Crippen LogP contribution in [0.15, 0.2) is 35.1 Å². The van der Waals surface area contributed by atoms with E-state index in [4.69, 9.17) is 5.84 Å². The van der Waals surface area contributed by atoms with E-state index in [0.29, 0.717) is 11.8 Å². The van der Waals surface area contributed by atoms with Gasteiger partial charge in [0.05, 0.1) is 16.9 Å². The SMILES string of the molecule is NNc1ccncc1C(=O)Nc1c(F)cc(F)cc1Br. The molecule has 0 fully saturated rings. The molecular weight excluding hydrogens is 334 g/mol. The number of nitrogens with two attached hydrogens (primary N) is 1. The number of halogens is 3. The number of amides is 1. The highest BCUT2D eigenvalue weighted by Crippen LogP contribution is 2.27. The summed E-state index contributed by atoms with van der Waals surface area (Å²) in [7, 11) is 0. The molecule has 0 aliphatic rings. The third-order valence-corrected chi connectivity index (χ3v) is 3.09. The monoisotopic (exact) mass is 342 g/mol. The molecular formula is C12H9BrF2N4O. The van der Waals surface area contributed by atoms with Crippen molar-refractivity contribution >= 4 is 33.2 Å². The maximum absolute atomic E-state index is 13.6. The largest absolute Gasteiger partial charge is 0.323 e. The van der Waals surface area contributed by atoms with Gasteiger partial charge in [0.2, 0.25) is 0 Å². The molecule has 1 heterocycles. The second kappa shape index (κ2) is 5.93. The summed E-state index contributed by atoms with van der Waals surface area (Å²) in [6.07, 6.45) is 2.72. The average Bonchev–Trinajstić information content (AvgIpc) is 2.42. The first-order valence-electron chi connectivity index (χ1n) is 5.39. The average molecular weight is 343 g/mol. The van der Waals surface area contributed by atoms with Gasteiger partial charge < -0.3 is 10.7 Å². The van der Waals surface area contributed by atoms with Crippen molar-refractivity contribution in [2.45, 2.75) is 0 Å². The molecule has 0 unspecified atom stereocenters. The van der Waals surface area contributed by atoms with Crippen LogP contribution in [0.3, 0.4) is 0 Å². The molecule has 0 atom stereocenters. The summed E-state index contributed by atoms with van der Waals surface area (Å²) < 4.78 is 26.7. The highest BCUT2D eigenvalue weighted by atomic mass is 79.9. The number of anilines is 2. The van der Waals surface area contributed by atoms with Gasteiger partial charge in [-0.05, 0) is 28.1 Å². The second-order valence-corrected chi connectivity index (χ2v) is 4.62. The van der Waals surface area contributed by atoms with E-state index in [1.807, 2.05) is 0 Å². The molecule has 20 heavy (non-hydrogen) atoms. The summed E-state index contributed by atoms with van der Waals surface area (Å²) in [5.41, 5.74) is 2.63. The fourth-order valence-corrected chi connectivity index (χ4v) is 2.05. The molecule has 8 heteroatoms. The van der Waals surface area contributed by atoms with Crippen LogP contribution < -0.4 is 16.6 Å². The van der Waals surface area contributed by atoms with Crippen molar-refractivity contribution in [2.75, 3.05) is 10.7 Å². The van der Waals surface area contributed by atoms with Gasteiger partial charge in [-0.25, -0.2) is 8.78 Å². The van der Waals surface area contributed by atoms with E-state index in [9.17, 15) is 13.6 Å². The molecule has 1 amide bonds. The van der Waals surface area contributed by atoms with Crippen LogP contribution in [0, 0.1) is 11.6 Å².